The van der Waals surface area contributed by atoms with Crippen molar-refractivity contribution < 1.29 is 9.53 Å². The molecule has 0 saturated heterocycles. The van der Waals surface area contributed by atoms with Crippen LogP contribution in [0.1, 0.15) is 52.4 Å². The molecule has 0 saturated carbocycles. The zero-order chi connectivity index (χ0) is 15.5. The van der Waals surface area contributed by atoms with Gasteiger partial charge in [0.25, 0.3) is 0 Å². The highest BCUT2D eigenvalue weighted by Gasteiger charge is 2.23. The minimum Gasteiger partial charge on any atom is -0.380 e. The number of ether oxygens (including phenoxy) is 1. The third kappa shape index (κ3) is 7.68. The molecule has 118 valence electrons. The molecule has 0 amide bonds. The average Bonchev–Trinajstić information content (AvgIpc) is 2.49. The Balaban J connectivity index is 2.65. The quantitative estimate of drug-likeness (QED) is 0.419. The van der Waals surface area contributed by atoms with Crippen LogP contribution in [0.2, 0.25) is 0 Å². The molecule has 0 aromatic heterocycles. The maximum Gasteiger partial charge on any atom is 0.132 e. The summed E-state index contributed by atoms with van der Waals surface area (Å²) >= 11 is 1.84. The van der Waals surface area contributed by atoms with Crippen LogP contribution in [-0.4, -0.2) is 24.2 Å². The van der Waals surface area contributed by atoms with Crippen molar-refractivity contribution in [3.8, 4) is 0 Å². The highest BCUT2D eigenvalue weighted by Crippen LogP contribution is 2.31. The monoisotopic (exact) mass is 308 g/mol. The van der Waals surface area contributed by atoms with Gasteiger partial charge in [0.05, 0.1) is 6.10 Å². The molecule has 0 spiro atoms. The van der Waals surface area contributed by atoms with Gasteiger partial charge >= 0.3 is 0 Å². The second kappa shape index (κ2) is 10.9. The van der Waals surface area contributed by atoms with Crippen LogP contribution in [0.15, 0.2) is 35.2 Å². The molecule has 0 N–H and O–H groups in total. The summed E-state index contributed by atoms with van der Waals surface area (Å²) in [6.07, 6.45) is 6.62. The largest absolute Gasteiger partial charge is 0.380 e. The fourth-order valence-corrected chi connectivity index (χ4v) is 3.72. The van der Waals surface area contributed by atoms with Crippen molar-refractivity contribution in [2.75, 3.05) is 7.11 Å². The SMILES string of the molecule is CCCCCCC(Sc1ccccc1)C(CC(C)=O)OC. The van der Waals surface area contributed by atoms with Crippen LogP contribution in [0, 0.1) is 0 Å². The van der Waals surface area contributed by atoms with Gasteiger partial charge in [0, 0.05) is 23.7 Å². The van der Waals surface area contributed by atoms with Crippen LogP contribution < -0.4 is 0 Å². The number of methoxy groups -OCH3 is 1. The topological polar surface area (TPSA) is 26.3 Å². The Bertz CT molecular complexity index is 391. The molecule has 2 unspecified atom stereocenters. The number of carbonyl (C=O) groups is 1. The molecular weight excluding hydrogens is 280 g/mol. The maximum absolute atomic E-state index is 11.5. The summed E-state index contributed by atoms with van der Waals surface area (Å²) in [5, 5.41) is 0.346. The molecule has 1 aromatic rings. The lowest BCUT2D eigenvalue weighted by Crippen LogP contribution is -2.27. The molecule has 2 nitrogen and oxygen atoms in total. The highest BCUT2D eigenvalue weighted by molar-refractivity contribution is 8.00. The van der Waals surface area contributed by atoms with Crippen LogP contribution in [0.5, 0.6) is 0 Å². The van der Waals surface area contributed by atoms with Gasteiger partial charge in [0.15, 0.2) is 0 Å². The molecule has 0 radical (unpaired) electrons. The van der Waals surface area contributed by atoms with Crippen LogP contribution in [0.4, 0.5) is 0 Å². The van der Waals surface area contributed by atoms with E-state index in [1.54, 1.807) is 14.0 Å². The summed E-state index contributed by atoms with van der Waals surface area (Å²) in [6, 6.07) is 10.4. The zero-order valence-corrected chi connectivity index (χ0v) is 14.3. The van der Waals surface area contributed by atoms with E-state index in [0.29, 0.717) is 11.7 Å². The Kier molecular flexibility index (Phi) is 9.44. The molecule has 0 fully saturated rings. The van der Waals surface area contributed by atoms with Crippen molar-refractivity contribution >= 4 is 17.5 Å². The third-order valence-electron chi connectivity index (χ3n) is 3.58. The Morgan fingerprint density at radius 3 is 2.48 bits per heavy atom. The van der Waals surface area contributed by atoms with Gasteiger partial charge < -0.3 is 4.74 Å². The summed E-state index contributed by atoms with van der Waals surface area (Å²) in [7, 11) is 1.72. The number of hydrogen-bond acceptors (Lipinski definition) is 3. The molecule has 0 heterocycles. The normalized spacial score (nSPS) is 13.9. The molecule has 1 aromatic carbocycles. The van der Waals surface area contributed by atoms with Gasteiger partial charge in [-0.15, -0.1) is 11.8 Å². The first-order chi connectivity index (χ1) is 10.2. The molecule has 0 aliphatic heterocycles. The van der Waals surface area contributed by atoms with Gasteiger partial charge in [0.1, 0.15) is 5.78 Å². The number of thioether (sulfide) groups is 1. The van der Waals surface area contributed by atoms with Crippen molar-refractivity contribution in [2.45, 2.75) is 68.6 Å². The fraction of sp³-hybridized carbons (Fsp3) is 0.611. The van der Waals surface area contributed by atoms with E-state index in [9.17, 15) is 4.79 Å². The predicted octanol–water partition coefficient (Wildman–Crippen LogP) is 5.11. The van der Waals surface area contributed by atoms with E-state index in [1.807, 2.05) is 17.8 Å². The van der Waals surface area contributed by atoms with Crippen molar-refractivity contribution in [3.05, 3.63) is 30.3 Å². The smallest absolute Gasteiger partial charge is 0.132 e. The molecule has 2 atom stereocenters. The summed E-state index contributed by atoms with van der Waals surface area (Å²) < 4.78 is 5.61. The maximum atomic E-state index is 11.5. The molecule has 1 rings (SSSR count). The van der Waals surface area contributed by atoms with Gasteiger partial charge in [0.2, 0.25) is 0 Å². The number of benzene rings is 1. The Morgan fingerprint density at radius 2 is 1.90 bits per heavy atom. The van der Waals surface area contributed by atoms with Crippen molar-refractivity contribution in [1.29, 1.82) is 0 Å². The molecular formula is C18H28O2S. The van der Waals surface area contributed by atoms with E-state index in [1.165, 1.54) is 30.6 Å². The third-order valence-corrected chi connectivity index (χ3v) is 4.97. The Morgan fingerprint density at radius 1 is 1.19 bits per heavy atom. The van der Waals surface area contributed by atoms with Crippen LogP contribution >= 0.6 is 11.8 Å². The first-order valence-corrected chi connectivity index (χ1v) is 8.79. The van der Waals surface area contributed by atoms with Crippen molar-refractivity contribution in [1.82, 2.24) is 0 Å². The van der Waals surface area contributed by atoms with Crippen LogP contribution in [0.25, 0.3) is 0 Å². The number of hydrogen-bond donors (Lipinski definition) is 0. The summed E-state index contributed by atoms with van der Waals surface area (Å²) in [5.74, 6) is 0.203. The van der Waals surface area contributed by atoms with Crippen LogP contribution in [0.3, 0.4) is 0 Å². The van der Waals surface area contributed by atoms with E-state index in [4.69, 9.17) is 4.74 Å². The minimum atomic E-state index is 0.00864. The summed E-state index contributed by atoms with van der Waals surface area (Å²) in [5.41, 5.74) is 0. The average molecular weight is 308 g/mol. The summed E-state index contributed by atoms with van der Waals surface area (Å²) in [6.45, 7) is 3.87. The number of Topliss-reactive ketones (excluding diaryl/α,β-unsaturated/α-hetero) is 1. The van der Waals surface area contributed by atoms with Gasteiger partial charge in [-0.1, -0.05) is 50.8 Å². The van der Waals surface area contributed by atoms with Crippen molar-refractivity contribution in [2.24, 2.45) is 0 Å². The minimum absolute atomic E-state index is 0.00864. The highest BCUT2D eigenvalue weighted by atomic mass is 32.2. The lowest BCUT2D eigenvalue weighted by Gasteiger charge is -2.25. The van der Waals surface area contributed by atoms with Gasteiger partial charge in [-0.2, -0.15) is 0 Å². The molecule has 0 aliphatic carbocycles. The standard InChI is InChI=1S/C18H28O2S/c1-4-5-6-10-13-18(17(20-3)14-15(2)19)21-16-11-8-7-9-12-16/h7-9,11-12,17-18H,4-6,10,13-14H2,1-3H3. The molecule has 0 bridgehead atoms. The van der Waals surface area contributed by atoms with Crippen LogP contribution in [-0.2, 0) is 9.53 Å². The second-order valence-electron chi connectivity index (χ2n) is 5.50. The second-order valence-corrected chi connectivity index (χ2v) is 6.81. The van der Waals surface area contributed by atoms with E-state index in [0.717, 1.165) is 6.42 Å². The van der Waals surface area contributed by atoms with Gasteiger partial charge in [-0.05, 0) is 25.5 Å². The van der Waals surface area contributed by atoms with E-state index in [2.05, 4.69) is 31.2 Å². The lowest BCUT2D eigenvalue weighted by atomic mass is 10.0. The lowest BCUT2D eigenvalue weighted by molar-refractivity contribution is -0.119. The zero-order valence-electron chi connectivity index (χ0n) is 13.5. The predicted molar refractivity (Wildman–Crippen MR) is 90.9 cm³/mol. The van der Waals surface area contributed by atoms with Gasteiger partial charge in [-0.3, -0.25) is 4.79 Å². The van der Waals surface area contributed by atoms with Crippen molar-refractivity contribution in [3.63, 3.8) is 0 Å². The fourth-order valence-electron chi connectivity index (χ4n) is 2.42. The Labute approximate surface area is 133 Å². The number of unbranched alkanes of at least 4 members (excludes halogenated alkanes) is 3. The van der Waals surface area contributed by atoms with E-state index < -0.39 is 0 Å². The number of carbonyl (C=O) groups excluding carboxylic acids is 1. The molecule has 3 heteroatoms. The summed E-state index contributed by atoms with van der Waals surface area (Å²) in [4.78, 5) is 12.7. The molecule has 21 heavy (non-hydrogen) atoms. The first-order valence-electron chi connectivity index (χ1n) is 7.91. The number of ketones is 1. The number of rotatable bonds is 11. The van der Waals surface area contributed by atoms with E-state index >= 15 is 0 Å². The molecule has 0 aliphatic rings. The first kappa shape index (κ1) is 18.2. The van der Waals surface area contributed by atoms with Gasteiger partial charge in [-0.25, -0.2) is 0 Å². The Hall–Kier alpha value is -0.800. The van der Waals surface area contributed by atoms with E-state index in [-0.39, 0.29) is 11.9 Å².